The first-order valence-corrected chi connectivity index (χ1v) is 9.68. The van der Waals surface area contributed by atoms with Gasteiger partial charge in [-0.25, -0.2) is 14.8 Å². The van der Waals surface area contributed by atoms with E-state index in [-0.39, 0.29) is 17.9 Å². The standard InChI is InChI=1S/C19H23N5O2S/c1-12(2)16-17(25)20-9-10-24(16)19(26)23-15-6-5-14(11-13(15)3)27-18-21-7-4-8-22-18/h4-8,11-12,16H,9-10H2,1-3H3,(H,20,25)(H,23,26)/t16-/m1/s1. The van der Waals surface area contributed by atoms with E-state index >= 15 is 0 Å². The number of aromatic nitrogens is 2. The van der Waals surface area contributed by atoms with E-state index in [1.165, 1.54) is 11.8 Å². The lowest BCUT2D eigenvalue weighted by Crippen LogP contribution is -2.60. The van der Waals surface area contributed by atoms with Crippen LogP contribution in [0.5, 0.6) is 0 Å². The van der Waals surface area contributed by atoms with Crippen LogP contribution in [0.25, 0.3) is 0 Å². The highest BCUT2D eigenvalue weighted by Gasteiger charge is 2.35. The van der Waals surface area contributed by atoms with Gasteiger partial charge in [-0.2, -0.15) is 0 Å². The third-order valence-electron chi connectivity index (χ3n) is 4.34. The average Bonchev–Trinajstić information content (AvgIpc) is 2.64. The van der Waals surface area contributed by atoms with Crippen LogP contribution >= 0.6 is 11.8 Å². The predicted molar refractivity (Wildman–Crippen MR) is 105 cm³/mol. The van der Waals surface area contributed by atoms with Gasteiger partial charge in [-0.05, 0) is 54.4 Å². The quantitative estimate of drug-likeness (QED) is 0.790. The molecule has 3 amide bonds. The van der Waals surface area contributed by atoms with Crippen LogP contribution in [0.4, 0.5) is 10.5 Å². The summed E-state index contributed by atoms with van der Waals surface area (Å²) in [6, 6.07) is 6.85. The Morgan fingerprint density at radius 1 is 1.33 bits per heavy atom. The minimum atomic E-state index is -0.455. The Morgan fingerprint density at radius 2 is 2.07 bits per heavy atom. The van der Waals surface area contributed by atoms with Crippen LogP contribution in [-0.2, 0) is 4.79 Å². The largest absolute Gasteiger partial charge is 0.353 e. The second kappa shape index (κ2) is 8.39. The van der Waals surface area contributed by atoms with Crippen molar-refractivity contribution in [3.05, 3.63) is 42.2 Å². The van der Waals surface area contributed by atoms with Gasteiger partial charge in [0.05, 0.1) is 0 Å². The van der Waals surface area contributed by atoms with Crippen LogP contribution in [0.2, 0.25) is 0 Å². The molecule has 0 unspecified atom stereocenters. The number of hydrogen-bond acceptors (Lipinski definition) is 5. The summed E-state index contributed by atoms with van der Waals surface area (Å²) in [5.74, 6) is -0.0560. The molecule has 2 heterocycles. The highest BCUT2D eigenvalue weighted by molar-refractivity contribution is 7.99. The third-order valence-corrected chi connectivity index (χ3v) is 5.22. The summed E-state index contributed by atoms with van der Waals surface area (Å²) in [4.78, 5) is 35.9. The minimum Gasteiger partial charge on any atom is -0.353 e. The highest BCUT2D eigenvalue weighted by Crippen LogP contribution is 2.28. The van der Waals surface area contributed by atoms with E-state index in [1.807, 2.05) is 39.0 Å². The molecular formula is C19H23N5O2S. The first-order valence-electron chi connectivity index (χ1n) is 8.86. The van der Waals surface area contributed by atoms with Crippen LogP contribution in [0.15, 0.2) is 46.7 Å². The molecule has 0 saturated carbocycles. The smallest absolute Gasteiger partial charge is 0.322 e. The van der Waals surface area contributed by atoms with Crippen molar-refractivity contribution in [3.63, 3.8) is 0 Å². The van der Waals surface area contributed by atoms with Gasteiger partial charge in [-0.15, -0.1) is 0 Å². The van der Waals surface area contributed by atoms with E-state index in [2.05, 4.69) is 20.6 Å². The summed E-state index contributed by atoms with van der Waals surface area (Å²) in [5, 5.41) is 6.45. The number of carbonyl (C=O) groups is 2. The van der Waals surface area contributed by atoms with Crippen LogP contribution in [-0.4, -0.2) is 45.9 Å². The van der Waals surface area contributed by atoms with E-state index in [0.717, 1.165) is 16.1 Å². The number of piperazine rings is 1. The van der Waals surface area contributed by atoms with Crippen molar-refractivity contribution in [2.75, 3.05) is 18.4 Å². The SMILES string of the molecule is Cc1cc(Sc2ncccn2)ccc1NC(=O)N1CCNC(=O)[C@H]1C(C)C. The number of benzene rings is 1. The number of nitrogens with zero attached hydrogens (tertiary/aromatic N) is 3. The molecule has 27 heavy (non-hydrogen) atoms. The number of rotatable bonds is 4. The molecule has 1 saturated heterocycles. The lowest BCUT2D eigenvalue weighted by atomic mass is 10.00. The molecule has 1 fully saturated rings. The molecule has 0 spiro atoms. The fourth-order valence-electron chi connectivity index (χ4n) is 3.05. The maximum atomic E-state index is 12.8. The van der Waals surface area contributed by atoms with E-state index < -0.39 is 6.04 Å². The molecule has 1 aromatic carbocycles. The zero-order valence-corrected chi connectivity index (χ0v) is 16.4. The maximum Gasteiger partial charge on any atom is 0.322 e. The number of anilines is 1. The van der Waals surface area contributed by atoms with Crippen molar-refractivity contribution in [1.29, 1.82) is 0 Å². The monoisotopic (exact) mass is 385 g/mol. The second-order valence-corrected chi connectivity index (χ2v) is 7.75. The Hall–Kier alpha value is -2.61. The molecular weight excluding hydrogens is 362 g/mol. The normalized spacial score (nSPS) is 17.0. The van der Waals surface area contributed by atoms with Crippen LogP contribution in [0.1, 0.15) is 19.4 Å². The Labute approximate surface area is 163 Å². The summed E-state index contributed by atoms with van der Waals surface area (Å²) in [6.07, 6.45) is 3.41. The first kappa shape index (κ1) is 19.2. The number of amides is 3. The average molecular weight is 385 g/mol. The van der Waals surface area contributed by atoms with Gasteiger partial charge in [0, 0.05) is 36.1 Å². The van der Waals surface area contributed by atoms with Crippen molar-refractivity contribution in [1.82, 2.24) is 20.2 Å². The van der Waals surface area contributed by atoms with Crippen molar-refractivity contribution < 1.29 is 9.59 Å². The van der Waals surface area contributed by atoms with E-state index in [0.29, 0.717) is 18.2 Å². The lowest BCUT2D eigenvalue weighted by Gasteiger charge is -2.37. The Bertz CT molecular complexity index is 828. The summed E-state index contributed by atoms with van der Waals surface area (Å²) in [6.45, 7) is 6.80. The van der Waals surface area contributed by atoms with E-state index in [9.17, 15) is 9.59 Å². The van der Waals surface area contributed by atoms with E-state index in [1.54, 1.807) is 23.4 Å². The first-order chi connectivity index (χ1) is 13.0. The lowest BCUT2D eigenvalue weighted by molar-refractivity contribution is -0.129. The molecule has 1 aliphatic heterocycles. The fourth-order valence-corrected chi connectivity index (χ4v) is 3.86. The van der Waals surface area contributed by atoms with Gasteiger partial charge in [-0.3, -0.25) is 4.79 Å². The van der Waals surface area contributed by atoms with Gasteiger partial charge in [0.25, 0.3) is 0 Å². The van der Waals surface area contributed by atoms with Crippen LogP contribution in [0.3, 0.4) is 0 Å². The molecule has 0 bridgehead atoms. The van der Waals surface area contributed by atoms with Crippen LogP contribution in [0, 0.1) is 12.8 Å². The number of hydrogen-bond donors (Lipinski definition) is 2. The molecule has 0 radical (unpaired) electrons. The van der Waals surface area contributed by atoms with Crippen molar-refractivity contribution >= 4 is 29.4 Å². The zero-order chi connectivity index (χ0) is 19.4. The van der Waals surface area contributed by atoms with Gasteiger partial charge < -0.3 is 15.5 Å². The molecule has 3 rings (SSSR count). The molecule has 142 valence electrons. The molecule has 1 aliphatic rings. The fraction of sp³-hybridized carbons (Fsp3) is 0.368. The molecule has 1 atom stereocenters. The highest BCUT2D eigenvalue weighted by atomic mass is 32.2. The molecule has 2 aromatic rings. The number of nitrogens with one attached hydrogen (secondary N) is 2. The zero-order valence-electron chi connectivity index (χ0n) is 15.6. The van der Waals surface area contributed by atoms with Crippen molar-refractivity contribution in [2.24, 2.45) is 5.92 Å². The van der Waals surface area contributed by atoms with Crippen LogP contribution < -0.4 is 10.6 Å². The Morgan fingerprint density at radius 3 is 2.74 bits per heavy atom. The minimum absolute atomic E-state index is 0.0433. The molecule has 8 heteroatoms. The molecule has 2 N–H and O–H groups in total. The Kier molecular flexibility index (Phi) is 5.95. The molecule has 1 aromatic heterocycles. The number of urea groups is 1. The van der Waals surface area contributed by atoms with E-state index in [4.69, 9.17) is 0 Å². The third kappa shape index (κ3) is 4.57. The van der Waals surface area contributed by atoms with Gasteiger partial charge in [0.2, 0.25) is 5.91 Å². The number of aryl methyl sites for hydroxylation is 1. The van der Waals surface area contributed by atoms with Crippen molar-refractivity contribution in [3.8, 4) is 0 Å². The molecule has 0 aliphatic carbocycles. The number of carbonyl (C=O) groups excluding carboxylic acids is 2. The molecule has 7 nitrogen and oxygen atoms in total. The van der Waals surface area contributed by atoms with Gasteiger partial charge >= 0.3 is 6.03 Å². The van der Waals surface area contributed by atoms with Gasteiger partial charge in [0.15, 0.2) is 5.16 Å². The summed E-state index contributed by atoms with van der Waals surface area (Å²) < 4.78 is 0. The predicted octanol–water partition coefficient (Wildman–Crippen LogP) is 2.92. The summed E-state index contributed by atoms with van der Waals surface area (Å²) >= 11 is 1.46. The maximum absolute atomic E-state index is 12.8. The van der Waals surface area contributed by atoms with Crippen molar-refractivity contribution in [2.45, 2.75) is 36.9 Å². The van der Waals surface area contributed by atoms with Gasteiger partial charge in [0.1, 0.15) is 6.04 Å². The summed E-state index contributed by atoms with van der Waals surface area (Å²) in [7, 11) is 0. The topological polar surface area (TPSA) is 87.2 Å². The van der Waals surface area contributed by atoms with Gasteiger partial charge in [-0.1, -0.05) is 13.8 Å². The second-order valence-electron chi connectivity index (χ2n) is 6.71. The summed E-state index contributed by atoms with van der Waals surface area (Å²) in [5.41, 5.74) is 1.67. The Balaban J connectivity index is 1.71.